The third-order valence-electron chi connectivity index (χ3n) is 3.08. The summed E-state index contributed by atoms with van der Waals surface area (Å²) in [6, 6.07) is 11.9. The fourth-order valence-electron chi connectivity index (χ4n) is 1.97. The van der Waals surface area contributed by atoms with Crippen LogP contribution in [0.1, 0.15) is 15.9 Å². The maximum atomic E-state index is 13.8. The van der Waals surface area contributed by atoms with Gasteiger partial charge in [0.05, 0.1) is 5.69 Å². The van der Waals surface area contributed by atoms with E-state index in [1.807, 2.05) is 19.1 Å². The first kappa shape index (κ1) is 14.1. The van der Waals surface area contributed by atoms with Gasteiger partial charge in [-0.05, 0) is 36.8 Å². The van der Waals surface area contributed by atoms with Gasteiger partial charge in [0.1, 0.15) is 5.82 Å². The molecule has 0 aliphatic carbocycles. The van der Waals surface area contributed by atoms with Crippen LogP contribution in [0.15, 0.2) is 42.5 Å². The molecule has 2 aromatic carbocycles. The summed E-state index contributed by atoms with van der Waals surface area (Å²) in [5.74, 6) is -0.599. The van der Waals surface area contributed by atoms with Crippen molar-refractivity contribution in [3.05, 3.63) is 59.4 Å². The lowest BCUT2D eigenvalue weighted by Gasteiger charge is -2.14. The molecule has 0 aliphatic heterocycles. The van der Waals surface area contributed by atoms with Crippen molar-refractivity contribution in [2.24, 2.45) is 0 Å². The lowest BCUT2D eigenvalue weighted by atomic mass is 10.1. The predicted octanol–water partition coefficient (Wildman–Crippen LogP) is 3.45. The average molecular weight is 272 g/mol. The molecule has 2 aromatic rings. The molecule has 0 aliphatic rings. The molecule has 1 amide bonds. The van der Waals surface area contributed by atoms with Crippen LogP contribution in [-0.4, -0.2) is 20.0 Å². The highest BCUT2D eigenvalue weighted by molar-refractivity contribution is 6.05. The minimum Gasteiger partial charge on any atom is -0.375 e. The quantitative estimate of drug-likeness (QED) is 0.928. The number of rotatable bonds is 3. The third-order valence-corrected chi connectivity index (χ3v) is 3.08. The van der Waals surface area contributed by atoms with Gasteiger partial charge >= 0.3 is 0 Å². The minimum atomic E-state index is -0.363. The van der Waals surface area contributed by atoms with E-state index in [1.54, 1.807) is 43.3 Å². The van der Waals surface area contributed by atoms with Crippen LogP contribution in [-0.2, 0) is 0 Å². The number of halogens is 1. The first-order valence-electron chi connectivity index (χ1n) is 6.33. The molecule has 0 heterocycles. The summed E-state index contributed by atoms with van der Waals surface area (Å²) < 4.78 is 13.8. The second-order valence-electron chi connectivity index (χ2n) is 4.83. The van der Waals surface area contributed by atoms with Crippen molar-refractivity contribution in [1.82, 2.24) is 0 Å². The molecule has 0 radical (unpaired) electrons. The summed E-state index contributed by atoms with van der Waals surface area (Å²) in [4.78, 5) is 13.8. The van der Waals surface area contributed by atoms with E-state index in [4.69, 9.17) is 0 Å². The number of aryl methyl sites for hydroxylation is 1. The number of nitrogens with one attached hydrogen (secondary N) is 1. The summed E-state index contributed by atoms with van der Waals surface area (Å²) in [7, 11) is 3.54. The van der Waals surface area contributed by atoms with Crippen molar-refractivity contribution >= 4 is 17.3 Å². The molecule has 1 N–H and O–H groups in total. The van der Waals surface area contributed by atoms with Gasteiger partial charge in [-0.25, -0.2) is 4.39 Å². The van der Waals surface area contributed by atoms with Gasteiger partial charge < -0.3 is 10.2 Å². The van der Waals surface area contributed by atoms with Gasteiger partial charge in [0.25, 0.3) is 5.91 Å². The Hall–Kier alpha value is -2.36. The second kappa shape index (κ2) is 5.74. The highest BCUT2D eigenvalue weighted by atomic mass is 19.1. The number of carbonyl (C=O) groups excluding carboxylic acids is 1. The van der Waals surface area contributed by atoms with Gasteiger partial charge in [-0.3, -0.25) is 4.79 Å². The Kier molecular flexibility index (Phi) is 4.03. The number of hydrogen-bond donors (Lipinski definition) is 1. The summed E-state index contributed by atoms with van der Waals surface area (Å²) in [5, 5.41) is 2.71. The van der Waals surface area contributed by atoms with E-state index < -0.39 is 0 Å². The molecule has 0 aromatic heterocycles. The van der Waals surface area contributed by atoms with Gasteiger partial charge in [0.15, 0.2) is 0 Å². The van der Waals surface area contributed by atoms with Gasteiger partial charge in [-0.1, -0.05) is 18.2 Å². The van der Waals surface area contributed by atoms with Gasteiger partial charge in [-0.2, -0.15) is 0 Å². The van der Waals surface area contributed by atoms with Gasteiger partial charge in [0, 0.05) is 25.3 Å². The highest BCUT2D eigenvalue weighted by Gasteiger charge is 2.10. The molecular weight excluding hydrogens is 255 g/mol. The van der Waals surface area contributed by atoms with Crippen LogP contribution in [0.4, 0.5) is 15.8 Å². The number of carbonyl (C=O) groups is 1. The van der Waals surface area contributed by atoms with Crippen molar-refractivity contribution in [2.75, 3.05) is 24.3 Å². The minimum absolute atomic E-state index is 0.236. The van der Waals surface area contributed by atoms with Crippen LogP contribution >= 0.6 is 0 Å². The molecule has 0 atom stereocenters. The van der Waals surface area contributed by atoms with Crippen molar-refractivity contribution in [1.29, 1.82) is 0 Å². The van der Waals surface area contributed by atoms with E-state index in [-0.39, 0.29) is 11.7 Å². The molecule has 2 rings (SSSR count). The van der Waals surface area contributed by atoms with E-state index in [1.165, 1.54) is 6.07 Å². The fraction of sp³-hybridized carbons (Fsp3) is 0.188. The summed E-state index contributed by atoms with van der Waals surface area (Å²) in [6.45, 7) is 1.87. The van der Waals surface area contributed by atoms with E-state index in [9.17, 15) is 9.18 Å². The van der Waals surface area contributed by atoms with Crippen LogP contribution < -0.4 is 10.2 Å². The third kappa shape index (κ3) is 2.96. The maximum absolute atomic E-state index is 13.8. The maximum Gasteiger partial charge on any atom is 0.255 e. The molecule has 104 valence electrons. The zero-order chi connectivity index (χ0) is 14.7. The van der Waals surface area contributed by atoms with E-state index in [2.05, 4.69) is 5.32 Å². The van der Waals surface area contributed by atoms with E-state index in [0.717, 1.165) is 5.56 Å². The molecule has 0 saturated carbocycles. The number of benzene rings is 2. The Bertz CT molecular complexity index is 638. The standard InChI is InChI=1S/C16H17FN2O/c1-11-6-4-5-7-13(11)16(20)18-12-8-9-15(19(2)3)14(17)10-12/h4-10H,1-3H3,(H,18,20). The lowest BCUT2D eigenvalue weighted by Crippen LogP contribution is -2.14. The predicted molar refractivity (Wildman–Crippen MR) is 79.9 cm³/mol. The topological polar surface area (TPSA) is 32.3 Å². The zero-order valence-electron chi connectivity index (χ0n) is 11.8. The molecule has 0 fully saturated rings. The molecule has 0 unspecified atom stereocenters. The number of amides is 1. The summed E-state index contributed by atoms with van der Waals surface area (Å²) in [5.41, 5.74) is 2.40. The highest BCUT2D eigenvalue weighted by Crippen LogP contribution is 2.21. The van der Waals surface area contributed by atoms with Crippen LogP contribution in [0, 0.1) is 12.7 Å². The van der Waals surface area contributed by atoms with Gasteiger partial charge in [-0.15, -0.1) is 0 Å². The average Bonchev–Trinajstić information content (AvgIpc) is 2.38. The van der Waals surface area contributed by atoms with Gasteiger partial charge in [0.2, 0.25) is 0 Å². The molecule has 0 spiro atoms. The van der Waals surface area contributed by atoms with Crippen molar-refractivity contribution in [2.45, 2.75) is 6.92 Å². The van der Waals surface area contributed by atoms with E-state index >= 15 is 0 Å². The Balaban J connectivity index is 2.21. The molecule has 3 nitrogen and oxygen atoms in total. The lowest BCUT2D eigenvalue weighted by molar-refractivity contribution is 0.102. The largest absolute Gasteiger partial charge is 0.375 e. The second-order valence-corrected chi connectivity index (χ2v) is 4.83. The Morgan fingerprint density at radius 1 is 1.15 bits per heavy atom. The first-order valence-corrected chi connectivity index (χ1v) is 6.33. The molecule has 20 heavy (non-hydrogen) atoms. The van der Waals surface area contributed by atoms with Crippen LogP contribution in [0.25, 0.3) is 0 Å². The summed E-state index contributed by atoms with van der Waals surface area (Å²) >= 11 is 0. The normalized spacial score (nSPS) is 10.2. The molecular formula is C16H17FN2O. The van der Waals surface area contributed by atoms with Crippen molar-refractivity contribution in [3.63, 3.8) is 0 Å². The SMILES string of the molecule is Cc1ccccc1C(=O)Nc1ccc(N(C)C)c(F)c1. The first-order chi connectivity index (χ1) is 9.49. The van der Waals surface area contributed by atoms with Crippen molar-refractivity contribution in [3.8, 4) is 0 Å². The van der Waals surface area contributed by atoms with Crippen LogP contribution in [0.2, 0.25) is 0 Å². The van der Waals surface area contributed by atoms with Crippen LogP contribution in [0.3, 0.4) is 0 Å². The van der Waals surface area contributed by atoms with Crippen LogP contribution in [0.5, 0.6) is 0 Å². The molecule has 4 heteroatoms. The number of anilines is 2. The Morgan fingerprint density at radius 2 is 1.85 bits per heavy atom. The fourth-order valence-corrected chi connectivity index (χ4v) is 1.97. The van der Waals surface area contributed by atoms with Crippen molar-refractivity contribution < 1.29 is 9.18 Å². The number of nitrogens with zero attached hydrogens (tertiary/aromatic N) is 1. The molecule has 0 saturated heterocycles. The summed E-state index contributed by atoms with van der Waals surface area (Å²) in [6.07, 6.45) is 0. The van der Waals surface area contributed by atoms with E-state index in [0.29, 0.717) is 16.9 Å². The zero-order valence-corrected chi connectivity index (χ0v) is 11.8. The Labute approximate surface area is 118 Å². The molecule has 0 bridgehead atoms. The smallest absolute Gasteiger partial charge is 0.255 e. The number of hydrogen-bond acceptors (Lipinski definition) is 2. The monoisotopic (exact) mass is 272 g/mol. The Morgan fingerprint density at radius 3 is 2.45 bits per heavy atom.